The van der Waals surface area contributed by atoms with Crippen LogP contribution in [0, 0.1) is 0 Å². The first kappa shape index (κ1) is 11.1. The molecule has 3 radical (unpaired) electrons. The van der Waals surface area contributed by atoms with Gasteiger partial charge in [-0.1, -0.05) is 0 Å². The highest BCUT2D eigenvalue weighted by Crippen LogP contribution is 1.70. The predicted octanol–water partition coefficient (Wildman–Crippen LogP) is 0.0690. The summed E-state index contributed by atoms with van der Waals surface area (Å²) in [6, 6.07) is 0. The number of hydrogen-bond donors (Lipinski definition) is 2. The molecule has 0 amide bonds. The summed E-state index contributed by atoms with van der Waals surface area (Å²) < 4.78 is 0. The van der Waals surface area contributed by atoms with Crippen molar-refractivity contribution in [2.24, 2.45) is 0 Å². The minimum absolute atomic E-state index is 0. The Hall–Kier alpha value is -0.788. The van der Waals surface area contributed by atoms with Gasteiger partial charge in [-0.15, -0.1) is 0 Å². The average Bonchev–Trinajstić information content (AvgIpc) is 1.61. The van der Waals surface area contributed by atoms with Crippen molar-refractivity contribution in [1.29, 1.82) is 0 Å². The van der Waals surface area contributed by atoms with Crippen molar-refractivity contribution < 1.29 is 24.1 Å². The molecule has 9 heavy (non-hydrogen) atoms. The Morgan fingerprint density at radius 1 is 1.11 bits per heavy atom. The van der Waals surface area contributed by atoms with Gasteiger partial charge in [0.25, 0.3) is 0 Å². The summed E-state index contributed by atoms with van der Waals surface area (Å²) in [5.74, 6) is -2.51. The third-order valence-electron chi connectivity index (χ3n) is 0.368. The van der Waals surface area contributed by atoms with Crippen molar-refractivity contribution >= 4 is 29.3 Å². The number of rotatable bonds is 2. The second-order valence-corrected chi connectivity index (χ2v) is 1.01. The molecule has 0 atom stereocenters. The third-order valence-corrected chi connectivity index (χ3v) is 0.368. The monoisotopic (exact) mass is 149 g/mol. The maximum Gasteiger partial charge on any atom is 0.328 e. The fourth-order valence-corrected chi connectivity index (χ4v) is 0.143. The quantitative estimate of drug-likeness (QED) is 0.430. The topological polar surface area (TPSA) is 74.6 Å². The molecule has 0 heterocycles. The van der Waals surface area contributed by atoms with Crippen LogP contribution in [0.1, 0.15) is 4.28 Å². The van der Waals surface area contributed by atoms with Crippen LogP contribution in [-0.4, -0.2) is 39.5 Å². The normalized spacial score (nSPS) is 8.44. The van der Waals surface area contributed by atoms with E-state index in [2.05, 4.69) is 0 Å². The maximum absolute atomic E-state index is 9.55. The van der Waals surface area contributed by atoms with Crippen LogP contribution in [0.2, 0.25) is 0 Å². The molecule has 0 aromatic carbocycles. The lowest BCUT2D eigenvalue weighted by Crippen LogP contribution is -1.91. The first-order chi connectivity index (χ1) is 3.63. The van der Waals surface area contributed by atoms with E-state index < -0.39 is 11.9 Å². The Balaban J connectivity index is -0.0000000408. The molecule has 53 valence electrons. The molecule has 2 N–H and O–H groups in total. The number of carboxylic acid groups (broad SMARTS) is 2. The van der Waals surface area contributed by atoms with Gasteiger partial charge in [0.1, 0.15) is 0 Å². The minimum atomic E-state index is -1.26. The van der Waals surface area contributed by atoms with Crippen LogP contribution in [0.3, 0.4) is 0 Å². The molecule has 0 rings (SSSR count). The molecule has 4 nitrogen and oxygen atoms in total. The number of carboxylic acids is 2. The molecule has 0 aliphatic carbocycles. The van der Waals surface area contributed by atoms with Crippen molar-refractivity contribution in [3.63, 3.8) is 0 Å². The summed E-state index contributed by atoms with van der Waals surface area (Å²) in [6.07, 6.45) is 1.12. The van der Waals surface area contributed by atoms with Crippen LogP contribution < -0.4 is 0 Å². The molecule has 0 saturated heterocycles. The summed E-state index contributed by atoms with van der Waals surface area (Å²) in [4.78, 5) is 19.1. The zero-order chi connectivity index (χ0) is 6.57. The van der Waals surface area contributed by atoms with E-state index in [4.69, 9.17) is 10.2 Å². The summed E-state index contributed by atoms with van der Waals surface area (Å²) in [5.41, 5.74) is 0. The second-order valence-electron chi connectivity index (χ2n) is 1.01. The molecule has 0 saturated carbocycles. The fourth-order valence-electron chi connectivity index (χ4n) is 0.143. The van der Waals surface area contributed by atoms with Crippen molar-refractivity contribution in [3.05, 3.63) is 12.2 Å². The van der Waals surface area contributed by atoms with Crippen molar-refractivity contribution in [3.8, 4) is 0 Å². The van der Waals surface area contributed by atoms with Crippen molar-refractivity contribution in [1.82, 2.24) is 0 Å². The molecular formula is C4H10AlO4. The summed E-state index contributed by atoms with van der Waals surface area (Å²) in [6.45, 7) is 0. The molecule has 0 spiro atoms. The Morgan fingerprint density at radius 2 is 1.33 bits per heavy atom. The van der Waals surface area contributed by atoms with E-state index in [1.807, 2.05) is 0 Å². The Morgan fingerprint density at radius 3 is 1.44 bits per heavy atom. The number of hydrogen-bond acceptors (Lipinski definition) is 2. The highest BCUT2D eigenvalue weighted by Gasteiger charge is 1.88. The van der Waals surface area contributed by atoms with Gasteiger partial charge in [0.2, 0.25) is 0 Å². The van der Waals surface area contributed by atoms with Crippen LogP contribution in [0.5, 0.6) is 0 Å². The fraction of sp³-hybridized carbons (Fsp3) is 0. The van der Waals surface area contributed by atoms with Crippen molar-refractivity contribution in [2.75, 3.05) is 0 Å². The van der Waals surface area contributed by atoms with Crippen molar-refractivity contribution in [2.45, 2.75) is 0 Å². The van der Waals surface area contributed by atoms with E-state index in [1.165, 1.54) is 0 Å². The number of aliphatic carboxylic acids is 2. The second kappa shape index (κ2) is 5.35. The van der Waals surface area contributed by atoms with Crippen LogP contribution in [0.4, 0.5) is 0 Å². The van der Waals surface area contributed by atoms with Gasteiger partial charge >= 0.3 is 11.9 Å². The van der Waals surface area contributed by atoms with Crippen LogP contribution >= 0.6 is 0 Å². The summed E-state index contributed by atoms with van der Waals surface area (Å²) in [5, 5.41) is 15.6. The van der Waals surface area contributed by atoms with Gasteiger partial charge in [0, 0.05) is 33.8 Å². The van der Waals surface area contributed by atoms with E-state index in [-0.39, 0.29) is 21.6 Å². The average molecular weight is 149 g/mol. The maximum atomic E-state index is 9.55. The lowest BCUT2D eigenvalue weighted by molar-refractivity contribution is -0.134. The largest absolute Gasteiger partial charge is 0.478 e. The molecule has 0 fully saturated rings. The minimum Gasteiger partial charge on any atom is -0.478 e. The van der Waals surface area contributed by atoms with Crippen LogP contribution in [0.15, 0.2) is 12.2 Å². The van der Waals surface area contributed by atoms with E-state index >= 15 is 0 Å². The highest BCUT2D eigenvalue weighted by atomic mass is 27.0. The van der Waals surface area contributed by atoms with E-state index in [0.29, 0.717) is 12.2 Å². The molecule has 0 aromatic rings. The molecule has 0 bridgehead atoms. The van der Waals surface area contributed by atoms with Gasteiger partial charge < -0.3 is 10.2 Å². The van der Waals surface area contributed by atoms with Gasteiger partial charge in [-0.3, -0.25) is 0 Å². The Bertz CT molecular complexity index is 133. The first-order valence-electron chi connectivity index (χ1n) is 1.77. The number of carbonyl (C=O) groups is 2. The van der Waals surface area contributed by atoms with E-state index in [9.17, 15) is 9.59 Å². The van der Waals surface area contributed by atoms with E-state index in [0.717, 1.165) is 0 Å². The van der Waals surface area contributed by atoms with Gasteiger partial charge in [0.15, 0.2) is 0 Å². The van der Waals surface area contributed by atoms with Crippen LogP contribution in [-0.2, 0) is 9.59 Å². The Labute approximate surface area is 66.4 Å². The first-order valence-corrected chi connectivity index (χ1v) is 1.77. The zero-order valence-electron chi connectivity index (χ0n) is 4.44. The van der Waals surface area contributed by atoms with Gasteiger partial charge in [-0.25, -0.2) is 9.59 Å². The predicted molar refractivity (Wildman–Crippen MR) is 36.5 cm³/mol. The lowest BCUT2D eigenvalue weighted by atomic mass is 10.5. The molecule has 0 aliphatic heterocycles. The standard InChI is InChI=1S/C4H4O4.Al.3H2/c5-3(6)1-2-4(7)8;;;;/h1-2H,(H,5,6)(H,7,8);;3*1H. The van der Waals surface area contributed by atoms with Gasteiger partial charge in [-0.2, -0.15) is 0 Å². The lowest BCUT2D eigenvalue weighted by Gasteiger charge is -1.74. The molecule has 0 unspecified atom stereocenters. The SMILES string of the molecule is O=C(O)C=CC(=O)O.[Al].[HH].[HH].[HH]. The summed E-state index contributed by atoms with van der Waals surface area (Å²) in [7, 11) is 0. The zero-order valence-corrected chi connectivity index (χ0v) is 5.60. The molecular weight excluding hydrogens is 139 g/mol. The molecule has 0 aromatic heterocycles. The van der Waals surface area contributed by atoms with Gasteiger partial charge in [0.05, 0.1) is 0 Å². The summed E-state index contributed by atoms with van der Waals surface area (Å²) >= 11 is 0. The highest BCUT2D eigenvalue weighted by molar-refractivity contribution is 5.89. The van der Waals surface area contributed by atoms with Crippen LogP contribution in [0.25, 0.3) is 0 Å². The van der Waals surface area contributed by atoms with E-state index in [1.54, 1.807) is 0 Å². The Kier molecular flexibility index (Phi) is 6.58. The smallest absolute Gasteiger partial charge is 0.328 e. The molecule has 5 heteroatoms. The third kappa shape index (κ3) is 11.0. The molecule has 0 aliphatic rings. The van der Waals surface area contributed by atoms with Gasteiger partial charge in [-0.05, 0) is 0 Å².